The van der Waals surface area contributed by atoms with Gasteiger partial charge in [-0.15, -0.1) is 0 Å². The number of carbonyl (C=O) groups excluding carboxylic acids is 1. The third-order valence-corrected chi connectivity index (χ3v) is 4.15. The van der Waals surface area contributed by atoms with Gasteiger partial charge in [0.15, 0.2) is 11.6 Å². The summed E-state index contributed by atoms with van der Waals surface area (Å²) in [7, 11) is 0. The maximum absolute atomic E-state index is 12.3. The van der Waals surface area contributed by atoms with E-state index >= 15 is 0 Å². The lowest BCUT2D eigenvalue weighted by molar-refractivity contribution is 0.0868. The van der Waals surface area contributed by atoms with E-state index in [-0.39, 0.29) is 17.5 Å². The summed E-state index contributed by atoms with van der Waals surface area (Å²) in [6.45, 7) is 3.96. The number of oxime groups is 1. The number of rotatable bonds is 3. The molecule has 1 aromatic heterocycles. The van der Waals surface area contributed by atoms with Gasteiger partial charge in [0.25, 0.3) is 5.91 Å². The van der Waals surface area contributed by atoms with Crippen LogP contribution in [0.5, 0.6) is 0 Å². The van der Waals surface area contributed by atoms with Gasteiger partial charge in [0.2, 0.25) is 0 Å². The predicted molar refractivity (Wildman–Crippen MR) is 74.7 cm³/mol. The fourth-order valence-electron chi connectivity index (χ4n) is 2.68. The molecule has 1 fully saturated rings. The summed E-state index contributed by atoms with van der Waals surface area (Å²) in [4.78, 5) is 12.3. The second-order valence-corrected chi connectivity index (χ2v) is 5.64. The molecule has 0 radical (unpaired) electrons. The van der Waals surface area contributed by atoms with Crippen LogP contribution in [0.3, 0.4) is 0 Å². The van der Waals surface area contributed by atoms with Crippen LogP contribution in [-0.4, -0.2) is 22.5 Å². The number of hydrogen-bond acceptors (Lipinski definition) is 4. The molecule has 2 rings (SSSR count). The van der Waals surface area contributed by atoms with E-state index in [4.69, 9.17) is 15.4 Å². The molecule has 0 aliphatic heterocycles. The van der Waals surface area contributed by atoms with Crippen molar-refractivity contribution < 1.29 is 14.4 Å². The minimum absolute atomic E-state index is 0.0574. The summed E-state index contributed by atoms with van der Waals surface area (Å²) in [6, 6.07) is 1.73. The molecule has 0 unspecified atom stereocenters. The van der Waals surface area contributed by atoms with Gasteiger partial charge in [0.05, 0.1) is 6.26 Å². The SMILES string of the molecule is Cc1ccoc1C(=O)NC1(/C(N)=N/O)CCC(C)CC1. The largest absolute Gasteiger partial charge is 0.459 e. The summed E-state index contributed by atoms with van der Waals surface area (Å²) in [5.74, 6) is 0.584. The smallest absolute Gasteiger partial charge is 0.288 e. The Hall–Kier alpha value is -1.98. The van der Waals surface area contributed by atoms with Gasteiger partial charge in [0, 0.05) is 5.56 Å². The van der Waals surface area contributed by atoms with E-state index in [0.29, 0.717) is 18.8 Å². The average Bonchev–Trinajstić information content (AvgIpc) is 2.87. The van der Waals surface area contributed by atoms with Gasteiger partial charge in [-0.05, 0) is 44.6 Å². The monoisotopic (exact) mass is 279 g/mol. The van der Waals surface area contributed by atoms with E-state index in [1.54, 1.807) is 13.0 Å². The number of carbonyl (C=O) groups is 1. The average molecular weight is 279 g/mol. The van der Waals surface area contributed by atoms with Crippen LogP contribution in [0.25, 0.3) is 0 Å². The first-order chi connectivity index (χ1) is 9.48. The zero-order valence-corrected chi connectivity index (χ0v) is 11.8. The van der Waals surface area contributed by atoms with Gasteiger partial charge in [-0.25, -0.2) is 0 Å². The highest BCUT2D eigenvalue weighted by atomic mass is 16.4. The highest BCUT2D eigenvalue weighted by Crippen LogP contribution is 2.32. The van der Waals surface area contributed by atoms with E-state index in [0.717, 1.165) is 18.4 Å². The lowest BCUT2D eigenvalue weighted by Crippen LogP contribution is -2.59. The Labute approximate surface area is 118 Å². The summed E-state index contributed by atoms with van der Waals surface area (Å²) in [5, 5.41) is 15.0. The molecule has 0 bridgehead atoms. The van der Waals surface area contributed by atoms with Gasteiger partial charge < -0.3 is 20.7 Å². The molecule has 1 aromatic rings. The van der Waals surface area contributed by atoms with Crippen molar-refractivity contribution in [1.82, 2.24) is 5.32 Å². The first kappa shape index (κ1) is 14.4. The third-order valence-electron chi connectivity index (χ3n) is 4.15. The Balaban J connectivity index is 2.21. The number of nitrogens with one attached hydrogen (secondary N) is 1. The van der Waals surface area contributed by atoms with Crippen molar-refractivity contribution in [1.29, 1.82) is 0 Å². The van der Waals surface area contributed by atoms with Gasteiger partial charge in [-0.3, -0.25) is 4.79 Å². The van der Waals surface area contributed by atoms with Crippen molar-refractivity contribution in [3.63, 3.8) is 0 Å². The van der Waals surface area contributed by atoms with Crippen LogP contribution in [0.15, 0.2) is 21.9 Å². The third kappa shape index (κ3) is 2.64. The zero-order valence-electron chi connectivity index (χ0n) is 11.8. The number of amides is 1. The van der Waals surface area contributed by atoms with E-state index in [1.165, 1.54) is 6.26 Å². The molecule has 0 spiro atoms. The number of aryl methyl sites for hydroxylation is 1. The maximum atomic E-state index is 12.3. The maximum Gasteiger partial charge on any atom is 0.288 e. The Bertz CT molecular complexity index is 513. The summed E-state index contributed by atoms with van der Waals surface area (Å²) < 4.78 is 5.19. The molecule has 0 atom stereocenters. The van der Waals surface area contributed by atoms with Gasteiger partial charge in [0.1, 0.15) is 5.54 Å². The minimum Gasteiger partial charge on any atom is -0.459 e. The molecule has 1 heterocycles. The lowest BCUT2D eigenvalue weighted by Gasteiger charge is -2.38. The van der Waals surface area contributed by atoms with E-state index < -0.39 is 5.54 Å². The van der Waals surface area contributed by atoms with E-state index in [9.17, 15) is 4.79 Å². The van der Waals surface area contributed by atoms with Crippen LogP contribution in [0.1, 0.15) is 48.7 Å². The standard InChI is InChI=1S/C14H21N3O3/c1-9-3-6-14(7-4-9,13(15)17-19)16-12(18)11-10(2)5-8-20-11/h5,8-9,19H,3-4,6-7H2,1-2H3,(H2,15,17)(H,16,18). The number of nitrogens with zero attached hydrogens (tertiary/aromatic N) is 1. The quantitative estimate of drug-likeness (QED) is 0.341. The molecule has 1 aliphatic carbocycles. The molecule has 6 heteroatoms. The molecule has 4 N–H and O–H groups in total. The first-order valence-corrected chi connectivity index (χ1v) is 6.83. The van der Waals surface area contributed by atoms with E-state index in [1.807, 2.05) is 0 Å². The Morgan fingerprint density at radius 2 is 2.20 bits per heavy atom. The molecular weight excluding hydrogens is 258 g/mol. The van der Waals surface area contributed by atoms with Crippen molar-refractivity contribution in [2.24, 2.45) is 16.8 Å². The normalized spacial score (nSPS) is 27.3. The van der Waals surface area contributed by atoms with E-state index in [2.05, 4.69) is 17.4 Å². The number of amidine groups is 1. The molecule has 6 nitrogen and oxygen atoms in total. The summed E-state index contributed by atoms with van der Waals surface area (Å²) >= 11 is 0. The van der Waals surface area contributed by atoms with Crippen LogP contribution in [0, 0.1) is 12.8 Å². The number of nitrogens with two attached hydrogens (primary N) is 1. The Kier molecular flexibility index (Phi) is 4.01. The molecule has 0 saturated heterocycles. The predicted octanol–water partition coefficient (Wildman–Crippen LogP) is 2.01. The van der Waals surface area contributed by atoms with Crippen LogP contribution in [0.2, 0.25) is 0 Å². The first-order valence-electron chi connectivity index (χ1n) is 6.83. The fourth-order valence-corrected chi connectivity index (χ4v) is 2.68. The fraction of sp³-hybridized carbons (Fsp3) is 0.571. The van der Waals surface area contributed by atoms with Gasteiger partial charge in [-0.2, -0.15) is 0 Å². The number of furan rings is 1. The molecule has 1 amide bonds. The minimum atomic E-state index is -0.780. The van der Waals surface area contributed by atoms with Crippen molar-refractivity contribution in [2.45, 2.75) is 45.1 Å². The van der Waals surface area contributed by atoms with Gasteiger partial charge in [-0.1, -0.05) is 12.1 Å². The molecule has 1 saturated carbocycles. The van der Waals surface area contributed by atoms with Crippen LogP contribution < -0.4 is 11.1 Å². The summed E-state index contributed by atoms with van der Waals surface area (Å²) in [6.07, 6.45) is 4.65. The highest BCUT2D eigenvalue weighted by molar-refractivity contribution is 5.99. The second kappa shape index (κ2) is 5.56. The van der Waals surface area contributed by atoms with Crippen LogP contribution >= 0.6 is 0 Å². The molecule has 20 heavy (non-hydrogen) atoms. The van der Waals surface area contributed by atoms with Crippen LogP contribution in [0.4, 0.5) is 0 Å². The molecule has 1 aliphatic rings. The zero-order chi connectivity index (χ0) is 14.8. The van der Waals surface area contributed by atoms with Crippen LogP contribution in [-0.2, 0) is 0 Å². The Morgan fingerprint density at radius 3 is 2.70 bits per heavy atom. The lowest BCUT2D eigenvalue weighted by atomic mass is 9.76. The van der Waals surface area contributed by atoms with Crippen molar-refractivity contribution in [2.75, 3.05) is 0 Å². The van der Waals surface area contributed by atoms with Crippen molar-refractivity contribution >= 4 is 11.7 Å². The molecule has 0 aromatic carbocycles. The highest BCUT2D eigenvalue weighted by Gasteiger charge is 2.40. The van der Waals surface area contributed by atoms with Gasteiger partial charge >= 0.3 is 0 Å². The molecular formula is C14H21N3O3. The Morgan fingerprint density at radius 1 is 1.55 bits per heavy atom. The number of hydrogen-bond donors (Lipinski definition) is 3. The second-order valence-electron chi connectivity index (χ2n) is 5.64. The summed E-state index contributed by atoms with van der Waals surface area (Å²) in [5.41, 5.74) is 5.81. The topological polar surface area (TPSA) is 101 Å². The van der Waals surface area contributed by atoms with Crippen molar-refractivity contribution in [3.05, 3.63) is 23.7 Å². The van der Waals surface area contributed by atoms with Crippen molar-refractivity contribution in [3.8, 4) is 0 Å². The molecule has 110 valence electrons.